The molecule has 0 aliphatic rings. The van der Waals surface area contributed by atoms with E-state index in [9.17, 15) is 0 Å². The number of hydrogen-bond acceptors (Lipinski definition) is 3. The Morgan fingerprint density at radius 2 is 1.55 bits per heavy atom. The highest BCUT2D eigenvalue weighted by atomic mass is 16.5. The van der Waals surface area contributed by atoms with E-state index in [1.165, 1.54) is 0 Å². The zero-order valence-electron chi connectivity index (χ0n) is 10.5. The predicted octanol–water partition coefficient (Wildman–Crippen LogP) is 3.64. The van der Waals surface area contributed by atoms with E-state index in [4.69, 9.17) is 14.1 Å². The van der Waals surface area contributed by atoms with Crippen LogP contribution < -0.4 is 4.65 Å². The van der Waals surface area contributed by atoms with Gasteiger partial charge in [-0.05, 0) is 11.5 Å². The molecule has 95 valence electrons. The lowest BCUT2D eigenvalue weighted by Crippen LogP contribution is -2.00. The van der Waals surface area contributed by atoms with Crippen LogP contribution in [0.5, 0.6) is 5.75 Å². The molecule has 1 aromatic heterocycles. The third-order valence-electron chi connectivity index (χ3n) is 3.53. The second-order valence-electron chi connectivity index (χ2n) is 4.61. The number of para-hydroxylation sites is 1. The minimum atomic E-state index is 0.578. The summed E-state index contributed by atoms with van der Waals surface area (Å²) in [6.45, 7) is 0. The second kappa shape index (κ2) is 4.29. The van der Waals surface area contributed by atoms with Crippen molar-refractivity contribution in [2.75, 3.05) is 0 Å². The maximum Gasteiger partial charge on any atom is 0.569 e. The lowest BCUT2D eigenvalue weighted by Gasteiger charge is -2.07. The van der Waals surface area contributed by atoms with Crippen molar-refractivity contribution >= 4 is 40.4 Å². The number of furan rings is 1. The van der Waals surface area contributed by atoms with Gasteiger partial charge in [-0.2, -0.15) is 0 Å². The quantitative estimate of drug-likeness (QED) is 0.560. The Hall–Kier alpha value is -2.46. The molecule has 0 fully saturated rings. The summed E-state index contributed by atoms with van der Waals surface area (Å²) in [6.07, 6.45) is 0. The zero-order chi connectivity index (χ0) is 13.5. The molecule has 1 heterocycles. The molecule has 0 saturated heterocycles. The van der Waals surface area contributed by atoms with E-state index >= 15 is 0 Å². The highest BCUT2D eigenvalue weighted by Gasteiger charge is 2.13. The Balaban J connectivity index is 2.24. The molecule has 4 aromatic rings. The Kier molecular flexibility index (Phi) is 2.44. The van der Waals surface area contributed by atoms with E-state index < -0.39 is 0 Å². The molecule has 0 aliphatic carbocycles. The van der Waals surface area contributed by atoms with Crippen LogP contribution in [0.2, 0.25) is 0 Å². The molecule has 4 heteroatoms. The summed E-state index contributed by atoms with van der Waals surface area (Å²) in [5.41, 5.74) is 1.60. The third kappa shape index (κ3) is 1.52. The van der Waals surface area contributed by atoms with E-state index in [0.717, 1.165) is 32.7 Å². The summed E-state index contributed by atoms with van der Waals surface area (Å²) in [6, 6.07) is 17.7. The standard InChI is InChI=1S/C16H10BO3/c18-17-20-14-9-15-16(11-6-2-1-5-10(11)14)12-7-3-4-8-13(12)19-15/h1-9,18H. The lowest BCUT2D eigenvalue weighted by atomic mass is 10.0. The number of benzene rings is 3. The van der Waals surface area contributed by atoms with Crippen molar-refractivity contribution in [1.82, 2.24) is 0 Å². The molecule has 1 N–H and O–H groups in total. The van der Waals surface area contributed by atoms with Crippen molar-refractivity contribution in [3.63, 3.8) is 0 Å². The molecule has 4 rings (SSSR count). The maximum absolute atomic E-state index is 8.91. The van der Waals surface area contributed by atoms with Crippen LogP contribution in [0.4, 0.5) is 0 Å². The Morgan fingerprint density at radius 3 is 2.35 bits per heavy atom. The molecule has 20 heavy (non-hydrogen) atoms. The lowest BCUT2D eigenvalue weighted by molar-refractivity contribution is 0.456. The summed E-state index contributed by atoms with van der Waals surface area (Å²) < 4.78 is 11.1. The van der Waals surface area contributed by atoms with Crippen LogP contribution in [0, 0.1) is 0 Å². The molecule has 0 atom stereocenters. The maximum atomic E-state index is 8.91. The molecule has 1 radical (unpaired) electrons. The molecule has 3 nitrogen and oxygen atoms in total. The molecule has 0 saturated carbocycles. The van der Waals surface area contributed by atoms with Gasteiger partial charge in [0.15, 0.2) is 0 Å². The highest BCUT2D eigenvalue weighted by molar-refractivity contribution is 6.22. The first kappa shape index (κ1) is 11.4. The summed E-state index contributed by atoms with van der Waals surface area (Å²) in [5, 5.41) is 13.1. The first-order valence-electron chi connectivity index (χ1n) is 6.34. The molecule has 0 bridgehead atoms. The molecular weight excluding hydrogens is 251 g/mol. The monoisotopic (exact) mass is 261 g/mol. The Morgan fingerprint density at radius 1 is 0.850 bits per heavy atom. The fourth-order valence-corrected chi connectivity index (χ4v) is 2.71. The largest absolute Gasteiger partial charge is 0.569 e. The van der Waals surface area contributed by atoms with E-state index in [1.807, 2.05) is 54.6 Å². The highest BCUT2D eigenvalue weighted by Crippen LogP contribution is 2.38. The fourth-order valence-electron chi connectivity index (χ4n) is 2.71. The van der Waals surface area contributed by atoms with Crippen LogP contribution in [0.3, 0.4) is 0 Å². The molecule has 0 amide bonds. The average molecular weight is 261 g/mol. The second-order valence-corrected chi connectivity index (χ2v) is 4.61. The normalized spacial score (nSPS) is 11.2. The minimum Gasteiger partial charge on any atom is -0.537 e. The van der Waals surface area contributed by atoms with Crippen LogP contribution in [-0.4, -0.2) is 12.7 Å². The van der Waals surface area contributed by atoms with Gasteiger partial charge in [-0.25, -0.2) is 0 Å². The first-order valence-corrected chi connectivity index (χ1v) is 6.34. The molecule has 3 aromatic carbocycles. The average Bonchev–Trinajstić information content (AvgIpc) is 2.86. The molecule has 0 aliphatic heterocycles. The predicted molar refractivity (Wildman–Crippen MR) is 79.8 cm³/mol. The van der Waals surface area contributed by atoms with Gasteiger partial charge >= 0.3 is 7.69 Å². The van der Waals surface area contributed by atoms with Crippen molar-refractivity contribution in [2.24, 2.45) is 0 Å². The third-order valence-corrected chi connectivity index (χ3v) is 3.53. The summed E-state index contributed by atoms with van der Waals surface area (Å²) >= 11 is 0. The number of rotatable bonds is 2. The van der Waals surface area contributed by atoms with Crippen molar-refractivity contribution in [3.8, 4) is 5.75 Å². The Labute approximate surface area is 115 Å². The Bertz CT molecular complexity index is 927. The van der Waals surface area contributed by atoms with Gasteiger partial charge in [-0.1, -0.05) is 42.5 Å². The van der Waals surface area contributed by atoms with Crippen molar-refractivity contribution in [2.45, 2.75) is 0 Å². The smallest absolute Gasteiger partial charge is 0.537 e. The van der Waals surface area contributed by atoms with Crippen LogP contribution in [0.1, 0.15) is 0 Å². The summed E-state index contributed by atoms with van der Waals surface area (Å²) in [7, 11) is 0.691. The number of hydrogen-bond donors (Lipinski definition) is 1. The SMILES string of the molecule is O[B]Oc1cc2oc3ccccc3c2c2ccccc12. The van der Waals surface area contributed by atoms with Crippen LogP contribution in [-0.2, 0) is 0 Å². The topological polar surface area (TPSA) is 42.6 Å². The van der Waals surface area contributed by atoms with Crippen LogP contribution in [0.15, 0.2) is 59.0 Å². The van der Waals surface area contributed by atoms with Gasteiger partial charge < -0.3 is 14.1 Å². The minimum absolute atomic E-state index is 0.578. The van der Waals surface area contributed by atoms with E-state index in [1.54, 1.807) is 0 Å². The first-order chi connectivity index (χ1) is 9.88. The van der Waals surface area contributed by atoms with Gasteiger partial charge in [0, 0.05) is 22.2 Å². The van der Waals surface area contributed by atoms with Crippen molar-refractivity contribution < 1.29 is 14.1 Å². The van der Waals surface area contributed by atoms with Crippen LogP contribution in [0.25, 0.3) is 32.7 Å². The summed E-state index contributed by atoms with van der Waals surface area (Å²) in [4.78, 5) is 0. The zero-order valence-corrected chi connectivity index (χ0v) is 10.5. The van der Waals surface area contributed by atoms with Gasteiger partial charge in [0.25, 0.3) is 0 Å². The van der Waals surface area contributed by atoms with Gasteiger partial charge in [-0.3, -0.25) is 0 Å². The van der Waals surface area contributed by atoms with Crippen molar-refractivity contribution in [1.29, 1.82) is 0 Å². The molecule has 0 spiro atoms. The van der Waals surface area contributed by atoms with Gasteiger partial charge in [0.1, 0.15) is 16.9 Å². The van der Waals surface area contributed by atoms with Gasteiger partial charge in [-0.15, -0.1) is 0 Å². The van der Waals surface area contributed by atoms with Crippen molar-refractivity contribution in [3.05, 3.63) is 54.6 Å². The van der Waals surface area contributed by atoms with Crippen LogP contribution >= 0.6 is 0 Å². The van der Waals surface area contributed by atoms with E-state index in [-0.39, 0.29) is 0 Å². The van der Waals surface area contributed by atoms with E-state index in [2.05, 4.69) is 0 Å². The number of fused-ring (bicyclic) bond motifs is 5. The van der Waals surface area contributed by atoms with Gasteiger partial charge in [0.05, 0.1) is 0 Å². The molecular formula is C16H10BO3. The summed E-state index contributed by atoms with van der Waals surface area (Å²) in [5.74, 6) is 0.578. The van der Waals surface area contributed by atoms with Gasteiger partial charge in [0.2, 0.25) is 0 Å². The molecule has 0 unspecified atom stereocenters. The van der Waals surface area contributed by atoms with E-state index in [0.29, 0.717) is 13.4 Å². The fraction of sp³-hybridized carbons (Fsp3) is 0.